The van der Waals surface area contributed by atoms with Crippen molar-refractivity contribution in [1.29, 1.82) is 0 Å². The van der Waals surface area contributed by atoms with Gasteiger partial charge in [-0.05, 0) is 62.1 Å². The van der Waals surface area contributed by atoms with Crippen molar-refractivity contribution in [2.24, 2.45) is 11.7 Å². The van der Waals surface area contributed by atoms with Gasteiger partial charge in [0.2, 0.25) is 0 Å². The maximum atomic E-state index is 6.15. The molecule has 1 unspecified atom stereocenters. The summed E-state index contributed by atoms with van der Waals surface area (Å²) in [6.07, 6.45) is 0.968. The fourth-order valence-electron chi connectivity index (χ4n) is 2.29. The number of aryl methyl sites for hydroxylation is 2. The van der Waals surface area contributed by atoms with E-state index in [1.54, 1.807) is 0 Å². The molecule has 0 saturated carbocycles. The Morgan fingerprint density at radius 1 is 1.28 bits per heavy atom. The normalized spacial score (nSPS) is 12.9. The number of rotatable bonds is 3. The molecular formula is C15H19ClN2. The minimum absolute atomic E-state index is 0.467. The van der Waals surface area contributed by atoms with Crippen molar-refractivity contribution in [3.05, 3.63) is 40.0 Å². The Kier molecular flexibility index (Phi) is 3.88. The largest absolute Gasteiger partial charge is 0.330 e. The maximum absolute atomic E-state index is 6.15. The molecule has 1 heterocycles. The van der Waals surface area contributed by atoms with Gasteiger partial charge in [0.15, 0.2) is 0 Å². The number of hydrogen-bond acceptors (Lipinski definition) is 2. The Morgan fingerprint density at radius 2 is 2.00 bits per heavy atom. The van der Waals surface area contributed by atoms with Gasteiger partial charge in [-0.2, -0.15) is 0 Å². The van der Waals surface area contributed by atoms with E-state index in [1.165, 1.54) is 5.56 Å². The van der Waals surface area contributed by atoms with Gasteiger partial charge in [0.25, 0.3) is 0 Å². The van der Waals surface area contributed by atoms with Crippen molar-refractivity contribution in [1.82, 2.24) is 4.98 Å². The highest BCUT2D eigenvalue weighted by Crippen LogP contribution is 2.27. The van der Waals surface area contributed by atoms with Crippen LogP contribution in [-0.2, 0) is 6.42 Å². The maximum Gasteiger partial charge on any atom is 0.0738 e. The molecule has 0 fully saturated rings. The molecule has 1 aromatic heterocycles. The first-order chi connectivity index (χ1) is 8.51. The molecule has 0 aliphatic heterocycles. The van der Waals surface area contributed by atoms with E-state index in [4.69, 9.17) is 17.3 Å². The van der Waals surface area contributed by atoms with Crippen LogP contribution >= 0.6 is 11.6 Å². The summed E-state index contributed by atoms with van der Waals surface area (Å²) in [6, 6.07) is 6.12. The van der Waals surface area contributed by atoms with Crippen LogP contribution in [0.2, 0.25) is 5.02 Å². The first-order valence-corrected chi connectivity index (χ1v) is 6.65. The Labute approximate surface area is 113 Å². The monoisotopic (exact) mass is 262 g/mol. The zero-order valence-corrected chi connectivity index (χ0v) is 11.9. The van der Waals surface area contributed by atoms with E-state index in [0.29, 0.717) is 12.5 Å². The van der Waals surface area contributed by atoms with Gasteiger partial charge < -0.3 is 5.73 Å². The number of fused-ring (bicyclic) bond motifs is 1. The molecule has 2 rings (SSSR count). The SMILES string of the molecule is Cc1cc(CC(C)CN)c2cc(Cl)cc(C)c2n1. The van der Waals surface area contributed by atoms with E-state index in [-0.39, 0.29) is 0 Å². The molecule has 96 valence electrons. The quantitative estimate of drug-likeness (QED) is 0.917. The van der Waals surface area contributed by atoms with Gasteiger partial charge >= 0.3 is 0 Å². The van der Waals surface area contributed by atoms with E-state index in [2.05, 4.69) is 24.9 Å². The predicted molar refractivity (Wildman–Crippen MR) is 78.1 cm³/mol. The number of nitrogens with two attached hydrogens (primary N) is 1. The summed E-state index contributed by atoms with van der Waals surface area (Å²) in [5.41, 5.74) is 10.2. The smallest absolute Gasteiger partial charge is 0.0738 e. The molecule has 18 heavy (non-hydrogen) atoms. The van der Waals surface area contributed by atoms with E-state index in [1.807, 2.05) is 19.1 Å². The lowest BCUT2D eigenvalue weighted by molar-refractivity contribution is 0.595. The van der Waals surface area contributed by atoms with Gasteiger partial charge in [-0.25, -0.2) is 0 Å². The van der Waals surface area contributed by atoms with Crippen LogP contribution in [0.3, 0.4) is 0 Å². The summed E-state index contributed by atoms with van der Waals surface area (Å²) in [7, 11) is 0. The van der Waals surface area contributed by atoms with Crippen LogP contribution < -0.4 is 5.73 Å². The van der Waals surface area contributed by atoms with E-state index in [0.717, 1.165) is 33.6 Å². The topological polar surface area (TPSA) is 38.9 Å². The van der Waals surface area contributed by atoms with Gasteiger partial charge in [0, 0.05) is 16.1 Å². The van der Waals surface area contributed by atoms with E-state index >= 15 is 0 Å². The highest BCUT2D eigenvalue weighted by atomic mass is 35.5. The van der Waals surface area contributed by atoms with Crippen molar-refractivity contribution in [2.75, 3.05) is 6.54 Å². The Bertz CT molecular complexity index is 578. The zero-order valence-electron chi connectivity index (χ0n) is 11.1. The third-order valence-corrected chi connectivity index (χ3v) is 3.47. The van der Waals surface area contributed by atoms with Crippen molar-refractivity contribution in [3.63, 3.8) is 0 Å². The standard InChI is InChI=1S/C15H19ClN2/c1-9(8-17)4-12-6-11(3)18-15-10(2)5-13(16)7-14(12)15/h5-7,9H,4,8,17H2,1-3H3. The second-order valence-electron chi connectivity index (χ2n) is 5.09. The van der Waals surface area contributed by atoms with Gasteiger partial charge in [-0.1, -0.05) is 18.5 Å². The van der Waals surface area contributed by atoms with Gasteiger partial charge in [-0.15, -0.1) is 0 Å². The first-order valence-electron chi connectivity index (χ1n) is 6.27. The fourth-order valence-corrected chi connectivity index (χ4v) is 2.57. The average Bonchev–Trinajstić information content (AvgIpc) is 2.30. The number of halogens is 1. The molecule has 0 bridgehead atoms. The number of benzene rings is 1. The van der Waals surface area contributed by atoms with Crippen molar-refractivity contribution in [2.45, 2.75) is 27.2 Å². The second kappa shape index (κ2) is 5.25. The summed E-state index contributed by atoms with van der Waals surface area (Å²) in [5.74, 6) is 0.467. The fraction of sp³-hybridized carbons (Fsp3) is 0.400. The van der Waals surface area contributed by atoms with Crippen LogP contribution in [0.15, 0.2) is 18.2 Å². The lowest BCUT2D eigenvalue weighted by atomic mass is 9.96. The molecule has 1 aromatic carbocycles. The predicted octanol–water partition coefficient (Wildman–Crippen LogP) is 3.64. The lowest BCUT2D eigenvalue weighted by Crippen LogP contribution is -2.13. The van der Waals surface area contributed by atoms with Crippen LogP contribution in [0.5, 0.6) is 0 Å². The minimum atomic E-state index is 0.467. The molecule has 0 amide bonds. The highest BCUT2D eigenvalue weighted by molar-refractivity contribution is 6.31. The molecule has 3 heteroatoms. The molecule has 0 aliphatic carbocycles. The molecule has 2 nitrogen and oxygen atoms in total. The molecule has 0 aliphatic rings. The van der Waals surface area contributed by atoms with Crippen LogP contribution in [0.1, 0.15) is 23.7 Å². The zero-order chi connectivity index (χ0) is 13.3. The van der Waals surface area contributed by atoms with Crippen LogP contribution in [-0.4, -0.2) is 11.5 Å². The summed E-state index contributed by atoms with van der Waals surface area (Å²) in [4.78, 5) is 4.62. The van der Waals surface area contributed by atoms with Crippen molar-refractivity contribution >= 4 is 22.5 Å². The summed E-state index contributed by atoms with van der Waals surface area (Å²) in [6.45, 7) is 6.95. The molecule has 2 aromatic rings. The minimum Gasteiger partial charge on any atom is -0.330 e. The van der Waals surface area contributed by atoms with Gasteiger partial charge in [-0.3, -0.25) is 4.98 Å². The van der Waals surface area contributed by atoms with Gasteiger partial charge in [0.1, 0.15) is 0 Å². The molecule has 0 radical (unpaired) electrons. The Balaban J connectivity index is 2.64. The van der Waals surface area contributed by atoms with Gasteiger partial charge in [0.05, 0.1) is 5.52 Å². The average molecular weight is 263 g/mol. The summed E-state index contributed by atoms with van der Waals surface area (Å²) in [5, 5.41) is 1.93. The molecular weight excluding hydrogens is 244 g/mol. The number of nitrogens with zero attached hydrogens (tertiary/aromatic N) is 1. The summed E-state index contributed by atoms with van der Waals surface area (Å²) < 4.78 is 0. The number of aromatic nitrogens is 1. The highest BCUT2D eigenvalue weighted by Gasteiger charge is 2.10. The molecule has 1 atom stereocenters. The van der Waals surface area contributed by atoms with Crippen molar-refractivity contribution in [3.8, 4) is 0 Å². The van der Waals surface area contributed by atoms with E-state index < -0.39 is 0 Å². The molecule has 0 saturated heterocycles. The van der Waals surface area contributed by atoms with Crippen LogP contribution in [0.4, 0.5) is 0 Å². The molecule has 0 spiro atoms. The number of hydrogen-bond donors (Lipinski definition) is 1. The third kappa shape index (κ3) is 2.65. The van der Waals surface area contributed by atoms with Crippen LogP contribution in [0.25, 0.3) is 10.9 Å². The molecule has 2 N–H and O–H groups in total. The Hall–Kier alpha value is -1.12. The van der Waals surface area contributed by atoms with Crippen LogP contribution in [0, 0.1) is 19.8 Å². The van der Waals surface area contributed by atoms with E-state index in [9.17, 15) is 0 Å². The summed E-state index contributed by atoms with van der Waals surface area (Å²) >= 11 is 6.15. The number of pyridine rings is 1. The van der Waals surface area contributed by atoms with Crippen molar-refractivity contribution < 1.29 is 0 Å². The first kappa shape index (κ1) is 13.3. The lowest BCUT2D eigenvalue weighted by Gasteiger charge is -2.13. The second-order valence-corrected chi connectivity index (χ2v) is 5.52. The third-order valence-electron chi connectivity index (χ3n) is 3.25. The Morgan fingerprint density at radius 3 is 2.67 bits per heavy atom.